The van der Waals surface area contributed by atoms with Gasteiger partial charge in [0.2, 0.25) is 0 Å². The molecule has 104 valence electrons. The lowest BCUT2D eigenvalue weighted by molar-refractivity contribution is -0.0587. The Hall–Kier alpha value is -1.62. The van der Waals surface area contributed by atoms with Gasteiger partial charge in [-0.1, -0.05) is 0 Å². The smallest absolute Gasteiger partial charge is 0.336 e. The molecule has 0 radical (unpaired) electrons. The standard InChI is InChI=1S/C14H19NO4/c1-8-5-12(16)19-11(4)13(8)14(17)15-6-9(2)18-10(3)7-15/h5,9-10H,6-7H2,1-4H3/t9-,10-/m0/s1. The van der Waals surface area contributed by atoms with E-state index in [9.17, 15) is 9.59 Å². The van der Waals surface area contributed by atoms with Crippen molar-refractivity contribution in [2.24, 2.45) is 0 Å². The first-order chi connectivity index (χ1) is 8.88. The van der Waals surface area contributed by atoms with Crippen molar-refractivity contribution in [1.29, 1.82) is 0 Å². The van der Waals surface area contributed by atoms with Gasteiger partial charge in [0.25, 0.3) is 5.91 Å². The predicted molar refractivity (Wildman–Crippen MR) is 70.4 cm³/mol. The number of aryl methyl sites for hydroxylation is 2. The molecule has 0 aromatic carbocycles. The highest BCUT2D eigenvalue weighted by atomic mass is 16.5. The van der Waals surface area contributed by atoms with Crippen LogP contribution >= 0.6 is 0 Å². The molecule has 0 spiro atoms. The first kappa shape index (κ1) is 13.8. The fraction of sp³-hybridized carbons (Fsp3) is 0.571. The molecule has 1 aliphatic heterocycles. The number of hydrogen-bond donors (Lipinski definition) is 0. The summed E-state index contributed by atoms with van der Waals surface area (Å²) in [7, 11) is 0. The van der Waals surface area contributed by atoms with E-state index >= 15 is 0 Å². The summed E-state index contributed by atoms with van der Waals surface area (Å²) in [5, 5.41) is 0. The van der Waals surface area contributed by atoms with Gasteiger partial charge in [-0.3, -0.25) is 4.79 Å². The summed E-state index contributed by atoms with van der Waals surface area (Å²) in [4.78, 5) is 25.6. The van der Waals surface area contributed by atoms with Crippen LogP contribution in [0, 0.1) is 13.8 Å². The highest BCUT2D eigenvalue weighted by Crippen LogP contribution is 2.18. The Morgan fingerprint density at radius 3 is 2.37 bits per heavy atom. The molecule has 0 aliphatic carbocycles. The van der Waals surface area contributed by atoms with Crippen molar-refractivity contribution in [3.63, 3.8) is 0 Å². The fourth-order valence-electron chi connectivity index (χ4n) is 2.58. The van der Waals surface area contributed by atoms with E-state index in [0.29, 0.717) is 30.0 Å². The summed E-state index contributed by atoms with van der Waals surface area (Å²) in [6, 6.07) is 1.35. The molecule has 1 aromatic heterocycles. The molecule has 2 rings (SSSR count). The Labute approximate surface area is 112 Å². The van der Waals surface area contributed by atoms with Crippen molar-refractivity contribution in [3.05, 3.63) is 33.4 Å². The van der Waals surface area contributed by atoms with Gasteiger partial charge in [0.05, 0.1) is 17.8 Å². The molecule has 1 aliphatic rings. The molecule has 1 aromatic rings. The van der Waals surface area contributed by atoms with Gasteiger partial charge in [-0.2, -0.15) is 0 Å². The van der Waals surface area contributed by atoms with Crippen molar-refractivity contribution < 1.29 is 13.9 Å². The van der Waals surface area contributed by atoms with Crippen LogP contribution in [0.15, 0.2) is 15.3 Å². The number of hydrogen-bond acceptors (Lipinski definition) is 4. The number of ether oxygens (including phenoxy) is 1. The van der Waals surface area contributed by atoms with Gasteiger partial charge in [0, 0.05) is 19.2 Å². The van der Waals surface area contributed by atoms with Crippen LogP contribution in [0.25, 0.3) is 0 Å². The van der Waals surface area contributed by atoms with Crippen LogP contribution in [0.1, 0.15) is 35.5 Å². The highest BCUT2D eigenvalue weighted by Gasteiger charge is 2.28. The Morgan fingerprint density at radius 2 is 1.84 bits per heavy atom. The first-order valence-electron chi connectivity index (χ1n) is 6.44. The van der Waals surface area contributed by atoms with E-state index < -0.39 is 5.63 Å². The van der Waals surface area contributed by atoms with Gasteiger partial charge in [-0.25, -0.2) is 4.79 Å². The van der Waals surface area contributed by atoms with Crippen molar-refractivity contribution in [2.75, 3.05) is 13.1 Å². The molecule has 0 bridgehead atoms. The van der Waals surface area contributed by atoms with Crippen molar-refractivity contribution >= 4 is 5.91 Å². The number of amides is 1. The lowest BCUT2D eigenvalue weighted by Gasteiger charge is -2.35. The zero-order chi connectivity index (χ0) is 14.2. The lowest BCUT2D eigenvalue weighted by atomic mass is 10.1. The Kier molecular flexibility index (Phi) is 3.75. The number of morpholine rings is 1. The zero-order valence-electron chi connectivity index (χ0n) is 11.7. The summed E-state index contributed by atoms with van der Waals surface area (Å²) in [5.41, 5.74) is 0.724. The summed E-state index contributed by atoms with van der Waals surface area (Å²) in [6.07, 6.45) is 0.0352. The van der Waals surface area contributed by atoms with E-state index in [1.165, 1.54) is 6.07 Å². The Bertz CT molecular complexity index is 513. The topological polar surface area (TPSA) is 59.8 Å². The molecule has 19 heavy (non-hydrogen) atoms. The molecular formula is C14H19NO4. The summed E-state index contributed by atoms with van der Waals surface area (Å²) in [6.45, 7) is 8.41. The number of carbonyl (C=O) groups is 1. The van der Waals surface area contributed by atoms with Gasteiger partial charge >= 0.3 is 5.63 Å². The van der Waals surface area contributed by atoms with Crippen molar-refractivity contribution in [1.82, 2.24) is 4.90 Å². The molecule has 1 amide bonds. The van der Waals surface area contributed by atoms with E-state index in [4.69, 9.17) is 9.15 Å². The second-order valence-corrected chi connectivity index (χ2v) is 5.15. The molecular weight excluding hydrogens is 246 g/mol. The maximum atomic E-state index is 12.6. The molecule has 1 fully saturated rings. The third kappa shape index (κ3) is 2.87. The largest absolute Gasteiger partial charge is 0.427 e. The average molecular weight is 265 g/mol. The third-order valence-electron chi connectivity index (χ3n) is 3.26. The van der Waals surface area contributed by atoms with Crippen LogP contribution in [0.2, 0.25) is 0 Å². The van der Waals surface area contributed by atoms with Crippen LogP contribution in [-0.4, -0.2) is 36.1 Å². The molecule has 0 saturated carbocycles. The van der Waals surface area contributed by atoms with Crippen LogP contribution in [0.3, 0.4) is 0 Å². The number of rotatable bonds is 1. The molecule has 2 atom stereocenters. The quantitative estimate of drug-likeness (QED) is 0.772. The molecule has 5 heteroatoms. The van der Waals surface area contributed by atoms with E-state index in [1.807, 2.05) is 13.8 Å². The van der Waals surface area contributed by atoms with Crippen LogP contribution < -0.4 is 5.63 Å². The predicted octanol–water partition coefficient (Wildman–Crippen LogP) is 1.51. The molecule has 0 N–H and O–H groups in total. The summed E-state index contributed by atoms with van der Waals surface area (Å²) < 4.78 is 10.6. The molecule has 2 heterocycles. The minimum Gasteiger partial charge on any atom is -0.427 e. The van der Waals surface area contributed by atoms with Gasteiger partial charge in [0.1, 0.15) is 5.76 Å². The van der Waals surface area contributed by atoms with Crippen LogP contribution in [0.5, 0.6) is 0 Å². The first-order valence-corrected chi connectivity index (χ1v) is 6.44. The van der Waals surface area contributed by atoms with E-state index in [-0.39, 0.29) is 18.1 Å². The van der Waals surface area contributed by atoms with E-state index in [1.54, 1.807) is 18.7 Å². The minimum absolute atomic E-state index is 0.0176. The number of nitrogens with zero attached hydrogens (tertiary/aromatic N) is 1. The third-order valence-corrected chi connectivity index (χ3v) is 3.26. The maximum absolute atomic E-state index is 12.6. The second-order valence-electron chi connectivity index (χ2n) is 5.15. The Morgan fingerprint density at radius 1 is 1.26 bits per heavy atom. The van der Waals surface area contributed by atoms with Crippen molar-refractivity contribution in [2.45, 2.75) is 39.9 Å². The van der Waals surface area contributed by atoms with E-state index in [0.717, 1.165) is 0 Å². The second kappa shape index (κ2) is 5.17. The summed E-state index contributed by atoms with van der Waals surface area (Å²) >= 11 is 0. The van der Waals surface area contributed by atoms with Crippen molar-refractivity contribution in [3.8, 4) is 0 Å². The SMILES string of the molecule is Cc1cc(=O)oc(C)c1C(=O)N1C[C@H](C)O[C@@H](C)C1. The maximum Gasteiger partial charge on any atom is 0.336 e. The van der Waals surface area contributed by atoms with Gasteiger partial charge in [-0.15, -0.1) is 0 Å². The Balaban J connectivity index is 2.32. The zero-order valence-corrected chi connectivity index (χ0v) is 11.7. The van der Waals surface area contributed by atoms with Crippen LogP contribution in [0.4, 0.5) is 0 Å². The minimum atomic E-state index is -0.421. The van der Waals surface area contributed by atoms with Gasteiger partial charge in [-0.05, 0) is 33.3 Å². The van der Waals surface area contributed by atoms with E-state index in [2.05, 4.69) is 0 Å². The van der Waals surface area contributed by atoms with Gasteiger partial charge in [0.15, 0.2) is 0 Å². The fourth-order valence-corrected chi connectivity index (χ4v) is 2.58. The van der Waals surface area contributed by atoms with Gasteiger partial charge < -0.3 is 14.1 Å². The molecule has 5 nitrogen and oxygen atoms in total. The number of carbonyl (C=O) groups excluding carboxylic acids is 1. The monoisotopic (exact) mass is 265 g/mol. The average Bonchev–Trinajstić information content (AvgIpc) is 2.25. The summed E-state index contributed by atoms with van der Waals surface area (Å²) in [5.74, 6) is 0.280. The normalized spacial score (nSPS) is 23.5. The van der Waals surface area contributed by atoms with Crippen LogP contribution in [-0.2, 0) is 4.74 Å². The lowest BCUT2D eigenvalue weighted by Crippen LogP contribution is -2.48. The highest BCUT2D eigenvalue weighted by molar-refractivity contribution is 5.96. The molecule has 0 unspecified atom stereocenters. The molecule has 1 saturated heterocycles.